The molecule has 0 spiro atoms. The minimum atomic E-state index is -0.272. The summed E-state index contributed by atoms with van der Waals surface area (Å²) in [5, 5.41) is 11.7. The fourth-order valence-corrected chi connectivity index (χ4v) is 1.83. The number of para-hydroxylation sites is 1. The van der Waals surface area contributed by atoms with Crippen LogP contribution in [0.5, 0.6) is 5.75 Å². The van der Waals surface area contributed by atoms with E-state index in [2.05, 4.69) is 5.32 Å². The molecule has 2 aromatic carbocycles. The molecule has 0 atom stereocenters. The third-order valence-corrected chi connectivity index (χ3v) is 2.97. The van der Waals surface area contributed by atoms with Crippen molar-refractivity contribution in [2.75, 3.05) is 25.6 Å². The molecular formula is C17H16N2O3. The standard InChI is InChI=1S/C17H16N2O3/c1-21-10-11-22-15-8-6-13(7-9-15)17(20)19-16-5-3-2-4-14(16)12-18/h2-9H,10-11H2,1H3,(H,19,20). The minimum absolute atomic E-state index is 0.272. The molecule has 0 aliphatic heterocycles. The zero-order chi connectivity index (χ0) is 15.8. The Morgan fingerprint density at radius 3 is 2.55 bits per heavy atom. The van der Waals surface area contributed by atoms with E-state index in [1.54, 1.807) is 55.6 Å². The van der Waals surface area contributed by atoms with Gasteiger partial charge in [0.2, 0.25) is 0 Å². The molecule has 0 aromatic heterocycles. The molecule has 0 unspecified atom stereocenters. The number of nitriles is 1. The largest absolute Gasteiger partial charge is 0.491 e. The summed E-state index contributed by atoms with van der Waals surface area (Å²) >= 11 is 0. The topological polar surface area (TPSA) is 71.3 Å². The fourth-order valence-electron chi connectivity index (χ4n) is 1.83. The lowest BCUT2D eigenvalue weighted by molar-refractivity contribution is 0.102. The summed E-state index contributed by atoms with van der Waals surface area (Å²) in [6.07, 6.45) is 0. The molecule has 5 nitrogen and oxygen atoms in total. The maximum absolute atomic E-state index is 12.2. The van der Waals surface area contributed by atoms with E-state index in [-0.39, 0.29) is 5.91 Å². The van der Waals surface area contributed by atoms with Crippen molar-refractivity contribution >= 4 is 11.6 Å². The Morgan fingerprint density at radius 1 is 1.14 bits per heavy atom. The Labute approximate surface area is 129 Å². The van der Waals surface area contributed by atoms with E-state index < -0.39 is 0 Å². The van der Waals surface area contributed by atoms with E-state index in [0.29, 0.717) is 35.8 Å². The zero-order valence-corrected chi connectivity index (χ0v) is 12.2. The molecule has 2 rings (SSSR count). The smallest absolute Gasteiger partial charge is 0.255 e. The third-order valence-electron chi connectivity index (χ3n) is 2.97. The van der Waals surface area contributed by atoms with Crippen molar-refractivity contribution in [1.29, 1.82) is 5.26 Å². The fraction of sp³-hybridized carbons (Fsp3) is 0.176. The van der Waals surface area contributed by atoms with E-state index in [0.717, 1.165) is 0 Å². The highest BCUT2D eigenvalue weighted by molar-refractivity contribution is 6.04. The maximum Gasteiger partial charge on any atom is 0.255 e. The number of rotatable bonds is 6. The first-order valence-electron chi connectivity index (χ1n) is 6.77. The van der Waals surface area contributed by atoms with Crippen molar-refractivity contribution in [2.45, 2.75) is 0 Å². The molecule has 22 heavy (non-hydrogen) atoms. The average Bonchev–Trinajstić information content (AvgIpc) is 2.56. The third kappa shape index (κ3) is 4.08. The second-order valence-corrected chi connectivity index (χ2v) is 4.48. The van der Waals surface area contributed by atoms with E-state index in [1.807, 2.05) is 6.07 Å². The summed E-state index contributed by atoms with van der Waals surface area (Å²) in [6.45, 7) is 0.963. The van der Waals surface area contributed by atoms with Gasteiger partial charge in [-0.1, -0.05) is 12.1 Å². The molecule has 0 aliphatic rings. The van der Waals surface area contributed by atoms with Crippen molar-refractivity contribution in [3.05, 3.63) is 59.7 Å². The van der Waals surface area contributed by atoms with Crippen LogP contribution >= 0.6 is 0 Å². The van der Waals surface area contributed by atoms with Gasteiger partial charge in [-0.05, 0) is 36.4 Å². The van der Waals surface area contributed by atoms with Gasteiger partial charge >= 0.3 is 0 Å². The maximum atomic E-state index is 12.2. The number of methoxy groups -OCH3 is 1. The van der Waals surface area contributed by atoms with Crippen LogP contribution in [0.3, 0.4) is 0 Å². The molecule has 0 bridgehead atoms. The molecule has 2 aromatic rings. The predicted molar refractivity (Wildman–Crippen MR) is 82.9 cm³/mol. The van der Waals surface area contributed by atoms with Crippen LogP contribution in [0.4, 0.5) is 5.69 Å². The summed E-state index contributed by atoms with van der Waals surface area (Å²) in [5.41, 5.74) is 1.41. The molecule has 0 saturated heterocycles. The normalized spacial score (nSPS) is 9.82. The van der Waals surface area contributed by atoms with E-state index >= 15 is 0 Å². The summed E-state index contributed by atoms with van der Waals surface area (Å²) in [4.78, 5) is 12.2. The molecule has 1 amide bonds. The SMILES string of the molecule is COCCOc1ccc(C(=O)Nc2ccccc2C#N)cc1. The first-order chi connectivity index (χ1) is 10.7. The molecular weight excluding hydrogens is 280 g/mol. The van der Waals surface area contributed by atoms with Crippen LogP contribution in [0.15, 0.2) is 48.5 Å². The minimum Gasteiger partial charge on any atom is -0.491 e. The lowest BCUT2D eigenvalue weighted by atomic mass is 10.1. The van der Waals surface area contributed by atoms with Gasteiger partial charge in [-0.15, -0.1) is 0 Å². The molecule has 0 radical (unpaired) electrons. The van der Waals surface area contributed by atoms with Crippen LogP contribution in [0.2, 0.25) is 0 Å². The molecule has 112 valence electrons. The highest BCUT2D eigenvalue weighted by Gasteiger charge is 2.08. The molecule has 1 N–H and O–H groups in total. The Morgan fingerprint density at radius 2 is 1.86 bits per heavy atom. The molecule has 0 aliphatic carbocycles. The summed E-state index contributed by atoms with van der Waals surface area (Å²) in [5.74, 6) is 0.400. The lowest BCUT2D eigenvalue weighted by Crippen LogP contribution is -2.12. The number of ether oxygens (including phenoxy) is 2. The van der Waals surface area contributed by atoms with Gasteiger partial charge in [0.25, 0.3) is 5.91 Å². The molecule has 0 heterocycles. The first-order valence-corrected chi connectivity index (χ1v) is 6.77. The Hall–Kier alpha value is -2.84. The van der Waals surface area contributed by atoms with Crippen molar-refractivity contribution in [1.82, 2.24) is 0 Å². The summed E-state index contributed by atoms with van der Waals surface area (Å²) in [7, 11) is 1.61. The number of amides is 1. The number of carbonyl (C=O) groups excluding carboxylic acids is 1. The van der Waals surface area contributed by atoms with Gasteiger partial charge in [0.05, 0.1) is 17.9 Å². The monoisotopic (exact) mass is 296 g/mol. The number of anilines is 1. The van der Waals surface area contributed by atoms with Crippen molar-refractivity contribution < 1.29 is 14.3 Å². The van der Waals surface area contributed by atoms with Crippen LogP contribution in [0.1, 0.15) is 15.9 Å². The van der Waals surface area contributed by atoms with Crippen molar-refractivity contribution in [3.8, 4) is 11.8 Å². The van der Waals surface area contributed by atoms with Crippen LogP contribution < -0.4 is 10.1 Å². The van der Waals surface area contributed by atoms with Crippen LogP contribution in [0.25, 0.3) is 0 Å². The Kier molecular flexibility index (Phi) is 5.52. The quantitative estimate of drug-likeness (QED) is 0.832. The molecule has 5 heteroatoms. The van der Waals surface area contributed by atoms with Gasteiger partial charge in [0.1, 0.15) is 18.4 Å². The number of hydrogen-bond acceptors (Lipinski definition) is 4. The second-order valence-electron chi connectivity index (χ2n) is 4.48. The summed E-state index contributed by atoms with van der Waals surface area (Å²) in [6, 6.07) is 15.7. The Bertz CT molecular complexity index is 675. The van der Waals surface area contributed by atoms with Crippen LogP contribution in [-0.2, 0) is 4.74 Å². The highest BCUT2D eigenvalue weighted by Crippen LogP contribution is 2.17. The zero-order valence-electron chi connectivity index (χ0n) is 12.2. The van der Waals surface area contributed by atoms with Gasteiger partial charge in [-0.25, -0.2) is 0 Å². The van der Waals surface area contributed by atoms with Gasteiger partial charge in [-0.2, -0.15) is 5.26 Å². The van der Waals surface area contributed by atoms with Gasteiger partial charge in [0, 0.05) is 12.7 Å². The number of nitrogens with one attached hydrogen (secondary N) is 1. The van der Waals surface area contributed by atoms with Gasteiger partial charge in [-0.3, -0.25) is 4.79 Å². The highest BCUT2D eigenvalue weighted by atomic mass is 16.5. The van der Waals surface area contributed by atoms with E-state index in [1.165, 1.54) is 0 Å². The number of benzene rings is 2. The predicted octanol–water partition coefficient (Wildman–Crippen LogP) is 2.84. The molecule has 0 saturated carbocycles. The number of carbonyl (C=O) groups is 1. The van der Waals surface area contributed by atoms with Crippen molar-refractivity contribution in [3.63, 3.8) is 0 Å². The summed E-state index contributed by atoms with van der Waals surface area (Å²) < 4.78 is 10.3. The average molecular weight is 296 g/mol. The number of hydrogen-bond donors (Lipinski definition) is 1. The van der Waals surface area contributed by atoms with Gasteiger partial charge < -0.3 is 14.8 Å². The van der Waals surface area contributed by atoms with Crippen LogP contribution in [-0.4, -0.2) is 26.2 Å². The van der Waals surface area contributed by atoms with Crippen molar-refractivity contribution in [2.24, 2.45) is 0 Å². The van der Waals surface area contributed by atoms with E-state index in [9.17, 15) is 4.79 Å². The lowest BCUT2D eigenvalue weighted by Gasteiger charge is -2.08. The Balaban J connectivity index is 2.02. The second kappa shape index (κ2) is 7.81. The number of nitrogens with zero attached hydrogens (tertiary/aromatic N) is 1. The molecule has 0 fully saturated rings. The van der Waals surface area contributed by atoms with E-state index in [4.69, 9.17) is 14.7 Å². The van der Waals surface area contributed by atoms with Crippen LogP contribution in [0, 0.1) is 11.3 Å². The first kappa shape index (κ1) is 15.5. The van der Waals surface area contributed by atoms with Gasteiger partial charge in [0.15, 0.2) is 0 Å².